The van der Waals surface area contributed by atoms with Crippen molar-refractivity contribution in [3.05, 3.63) is 63.0 Å². The lowest BCUT2D eigenvalue weighted by molar-refractivity contribution is 0.0561. The fourth-order valence-electron chi connectivity index (χ4n) is 3.39. The third-order valence-electron chi connectivity index (χ3n) is 5.13. The first-order chi connectivity index (χ1) is 17.9. The van der Waals surface area contributed by atoms with Crippen LogP contribution in [0.25, 0.3) is 10.2 Å². The molecule has 2 aromatic heterocycles. The molecule has 0 saturated heterocycles. The molecule has 4 rings (SSSR count). The van der Waals surface area contributed by atoms with Crippen molar-refractivity contribution in [2.75, 3.05) is 32.0 Å². The average Bonchev–Trinajstić information content (AvgIpc) is 3.55. The van der Waals surface area contributed by atoms with Gasteiger partial charge in [-0.25, -0.2) is 23.8 Å². The molecule has 0 bridgehead atoms. The molecule has 2 heterocycles. The van der Waals surface area contributed by atoms with Crippen molar-refractivity contribution < 1.29 is 37.7 Å². The summed E-state index contributed by atoms with van der Waals surface area (Å²) in [4.78, 5) is 41.2. The van der Waals surface area contributed by atoms with Gasteiger partial charge in [-0.05, 0) is 6.07 Å². The van der Waals surface area contributed by atoms with Crippen LogP contribution in [0.15, 0.2) is 41.2 Å². The molecule has 10 nitrogen and oxygen atoms in total. The van der Waals surface area contributed by atoms with E-state index < -0.39 is 23.8 Å². The number of methoxy groups -OCH3 is 3. The van der Waals surface area contributed by atoms with Crippen LogP contribution in [0.5, 0.6) is 11.5 Å². The van der Waals surface area contributed by atoms with Crippen molar-refractivity contribution >= 4 is 62.2 Å². The van der Waals surface area contributed by atoms with E-state index >= 15 is 0 Å². The number of amides is 2. The number of hydrogen-bond donors (Lipinski definition) is 2. The molecule has 0 saturated carbocycles. The minimum Gasteiger partial charge on any atom is -0.493 e. The average molecular weight is 546 g/mol. The first kappa shape index (κ1) is 25.9. The summed E-state index contributed by atoms with van der Waals surface area (Å²) in [6.07, 6.45) is 0. The highest BCUT2D eigenvalue weighted by atomic mass is 32.1. The van der Waals surface area contributed by atoms with Gasteiger partial charge in [0.25, 0.3) is 0 Å². The number of para-hydroxylation sites is 1. The Balaban J connectivity index is 1.54. The molecule has 4 aromatic rings. The minimum atomic E-state index is -0.873. The van der Waals surface area contributed by atoms with Gasteiger partial charge in [-0.3, -0.25) is 0 Å². The normalized spacial score (nSPS) is 10.6. The molecule has 0 unspecified atom stereocenters. The van der Waals surface area contributed by atoms with Crippen LogP contribution < -0.4 is 20.1 Å². The van der Waals surface area contributed by atoms with Gasteiger partial charge in [-0.15, -0.1) is 22.7 Å². The number of esters is 2. The number of carbonyl (C=O) groups excluding carboxylic acids is 3. The summed E-state index contributed by atoms with van der Waals surface area (Å²) in [5.41, 5.74) is 2.98. The number of anilines is 2. The molecule has 2 N–H and O–H groups in total. The van der Waals surface area contributed by atoms with Gasteiger partial charge in [-0.1, -0.05) is 12.1 Å². The van der Waals surface area contributed by atoms with Crippen molar-refractivity contribution in [1.82, 2.24) is 4.98 Å². The molecule has 0 aliphatic heterocycles. The third kappa shape index (κ3) is 5.47. The highest BCUT2D eigenvalue weighted by molar-refractivity contribution is 7.16. The summed E-state index contributed by atoms with van der Waals surface area (Å²) in [5, 5.41) is 6.18. The third-order valence-corrected chi connectivity index (χ3v) is 6.88. The van der Waals surface area contributed by atoms with Gasteiger partial charge in [0, 0.05) is 23.1 Å². The van der Waals surface area contributed by atoms with Gasteiger partial charge in [-0.2, -0.15) is 0 Å². The zero-order valence-electron chi connectivity index (χ0n) is 19.7. The number of fused-ring (bicyclic) bond motifs is 1. The summed E-state index contributed by atoms with van der Waals surface area (Å²) >= 11 is 2.39. The standard InChI is InChI=1S/C24H20FN3O7S2/c1-32-16-7-13(25)14(8-17(16)35-9-12-5-4-6-18-20(12)26-11-37-18)27-24(31)28-15-10-36-21(23(30)34-3)19(15)22(29)33-2/h4-8,10-11H,9H2,1-3H3,(H2,27,28,31). The van der Waals surface area contributed by atoms with Crippen molar-refractivity contribution in [1.29, 1.82) is 0 Å². The number of carbonyl (C=O) groups is 3. The number of nitrogens with zero attached hydrogens (tertiary/aromatic N) is 1. The number of ether oxygens (including phenoxy) is 4. The van der Waals surface area contributed by atoms with Gasteiger partial charge >= 0.3 is 18.0 Å². The van der Waals surface area contributed by atoms with E-state index in [9.17, 15) is 18.8 Å². The van der Waals surface area contributed by atoms with Gasteiger partial charge < -0.3 is 29.6 Å². The Morgan fingerprint density at radius 1 is 0.973 bits per heavy atom. The van der Waals surface area contributed by atoms with Crippen LogP contribution >= 0.6 is 22.7 Å². The summed E-state index contributed by atoms with van der Waals surface area (Å²) in [7, 11) is 3.66. The number of aromatic nitrogens is 1. The van der Waals surface area contributed by atoms with Crippen molar-refractivity contribution in [3.63, 3.8) is 0 Å². The predicted molar refractivity (Wildman–Crippen MR) is 137 cm³/mol. The summed E-state index contributed by atoms with van der Waals surface area (Å²) in [5.74, 6) is -2.09. The van der Waals surface area contributed by atoms with E-state index in [-0.39, 0.29) is 39.9 Å². The largest absolute Gasteiger partial charge is 0.493 e. The number of thiazole rings is 1. The Kier molecular flexibility index (Phi) is 7.84. The number of hydrogen-bond acceptors (Lipinski definition) is 10. The molecule has 37 heavy (non-hydrogen) atoms. The molecule has 0 atom stereocenters. The van der Waals surface area contributed by atoms with Gasteiger partial charge in [0.1, 0.15) is 17.0 Å². The van der Waals surface area contributed by atoms with Crippen molar-refractivity contribution in [2.45, 2.75) is 6.61 Å². The molecule has 0 aliphatic carbocycles. The van der Waals surface area contributed by atoms with Gasteiger partial charge in [0.05, 0.1) is 48.4 Å². The van der Waals surface area contributed by atoms with Crippen molar-refractivity contribution in [3.8, 4) is 11.5 Å². The van der Waals surface area contributed by atoms with Gasteiger partial charge in [0.15, 0.2) is 17.3 Å². The summed E-state index contributed by atoms with van der Waals surface area (Å²) in [6.45, 7) is 0.127. The number of thiophene rings is 1. The zero-order chi connectivity index (χ0) is 26.5. The number of nitrogens with one attached hydrogen (secondary N) is 2. The topological polar surface area (TPSA) is 125 Å². The predicted octanol–water partition coefficient (Wildman–Crippen LogP) is 5.30. The lowest BCUT2D eigenvalue weighted by Gasteiger charge is -2.15. The molecule has 0 spiro atoms. The van der Waals surface area contributed by atoms with Crippen LogP contribution in [0.2, 0.25) is 0 Å². The molecular formula is C24H20FN3O7S2. The molecule has 2 amide bonds. The van der Waals surface area contributed by atoms with Crippen LogP contribution in [0.1, 0.15) is 25.6 Å². The fourth-order valence-corrected chi connectivity index (χ4v) is 5.02. The van der Waals surface area contributed by atoms with Crippen LogP contribution in [-0.4, -0.2) is 44.3 Å². The lowest BCUT2D eigenvalue weighted by Crippen LogP contribution is -2.22. The van der Waals surface area contributed by atoms with Crippen LogP contribution in [0.4, 0.5) is 20.6 Å². The van der Waals surface area contributed by atoms with E-state index in [0.29, 0.717) is 0 Å². The number of urea groups is 1. The molecule has 192 valence electrons. The van der Waals surface area contributed by atoms with E-state index in [0.717, 1.165) is 47.4 Å². The van der Waals surface area contributed by atoms with Crippen LogP contribution in [0.3, 0.4) is 0 Å². The molecule has 2 aromatic carbocycles. The zero-order valence-corrected chi connectivity index (χ0v) is 21.4. The molecule has 0 radical (unpaired) electrons. The number of rotatable bonds is 8. The van der Waals surface area contributed by atoms with E-state index in [1.807, 2.05) is 18.2 Å². The molecule has 0 aliphatic rings. The number of benzene rings is 2. The Labute approximate surface area is 217 Å². The maximum absolute atomic E-state index is 14.7. The monoisotopic (exact) mass is 545 g/mol. The minimum absolute atomic E-state index is 0.00324. The van der Waals surface area contributed by atoms with E-state index in [1.165, 1.54) is 29.9 Å². The van der Waals surface area contributed by atoms with E-state index in [4.69, 9.17) is 14.2 Å². The molecule has 13 heteroatoms. The Hall–Kier alpha value is -4.23. The molecule has 0 fully saturated rings. The summed E-state index contributed by atoms with van der Waals surface area (Å²) in [6, 6.07) is 7.19. The summed E-state index contributed by atoms with van der Waals surface area (Å²) < 4.78 is 36.2. The van der Waals surface area contributed by atoms with Crippen LogP contribution in [0, 0.1) is 5.82 Å². The Morgan fingerprint density at radius 3 is 2.46 bits per heavy atom. The quantitative estimate of drug-likeness (QED) is 0.286. The lowest BCUT2D eigenvalue weighted by atomic mass is 10.2. The second-order valence-electron chi connectivity index (χ2n) is 7.30. The number of halogens is 1. The highest BCUT2D eigenvalue weighted by Crippen LogP contribution is 2.34. The SMILES string of the molecule is COC(=O)c1scc(NC(=O)Nc2cc(OCc3cccc4scnc34)c(OC)cc2F)c1C(=O)OC. The highest BCUT2D eigenvalue weighted by Gasteiger charge is 2.26. The Bertz CT molecular complexity index is 1480. The second kappa shape index (κ2) is 11.2. The van der Waals surface area contributed by atoms with Crippen LogP contribution in [-0.2, 0) is 16.1 Å². The molecular weight excluding hydrogens is 525 g/mol. The second-order valence-corrected chi connectivity index (χ2v) is 9.07. The van der Waals surface area contributed by atoms with E-state index in [2.05, 4.69) is 20.4 Å². The Morgan fingerprint density at radius 2 is 1.73 bits per heavy atom. The first-order valence-corrected chi connectivity index (χ1v) is 12.3. The smallest absolute Gasteiger partial charge is 0.349 e. The van der Waals surface area contributed by atoms with Crippen molar-refractivity contribution in [2.24, 2.45) is 0 Å². The van der Waals surface area contributed by atoms with Gasteiger partial charge in [0.2, 0.25) is 0 Å². The van der Waals surface area contributed by atoms with E-state index in [1.54, 1.807) is 5.51 Å². The maximum Gasteiger partial charge on any atom is 0.349 e. The first-order valence-electron chi connectivity index (χ1n) is 10.5. The fraction of sp³-hybridized carbons (Fsp3) is 0.167. The maximum atomic E-state index is 14.7.